The van der Waals surface area contributed by atoms with Gasteiger partial charge in [-0.25, -0.2) is 4.39 Å². The zero-order valence-corrected chi connectivity index (χ0v) is 12.8. The van der Waals surface area contributed by atoms with Crippen LogP contribution in [0.15, 0.2) is 12.1 Å². The molecule has 0 heterocycles. The minimum Gasteiger partial charge on any atom is -0.491 e. The first-order chi connectivity index (χ1) is 9.49. The van der Waals surface area contributed by atoms with Crippen LogP contribution in [0.1, 0.15) is 20.8 Å². The summed E-state index contributed by atoms with van der Waals surface area (Å²) in [5, 5.41) is 0. The van der Waals surface area contributed by atoms with Crippen LogP contribution >= 0.6 is 0 Å². The smallest absolute Gasteiger partial charge is 0.167 e. The van der Waals surface area contributed by atoms with Gasteiger partial charge in [-0.1, -0.05) is 13.8 Å². The number of nitrogens with two attached hydrogens (primary N) is 1. The highest BCUT2D eigenvalue weighted by Gasteiger charge is 2.15. The van der Waals surface area contributed by atoms with Crippen LogP contribution in [-0.2, 0) is 4.74 Å². The Morgan fingerprint density at radius 3 is 2.60 bits per heavy atom. The molecule has 0 amide bonds. The SMILES string of the molecule is CCOc1cc(N(CCOC)CC(C)C)c(N)cc1F. The van der Waals surface area contributed by atoms with E-state index in [1.54, 1.807) is 13.2 Å². The molecule has 0 saturated carbocycles. The van der Waals surface area contributed by atoms with Crippen molar-refractivity contribution in [3.05, 3.63) is 17.9 Å². The van der Waals surface area contributed by atoms with E-state index in [-0.39, 0.29) is 5.75 Å². The molecule has 0 aliphatic heterocycles. The summed E-state index contributed by atoms with van der Waals surface area (Å²) in [6, 6.07) is 2.99. The second-order valence-corrected chi connectivity index (χ2v) is 5.11. The molecule has 0 aliphatic rings. The van der Waals surface area contributed by atoms with E-state index < -0.39 is 5.82 Å². The van der Waals surface area contributed by atoms with Gasteiger partial charge in [-0.3, -0.25) is 0 Å². The van der Waals surface area contributed by atoms with Crippen molar-refractivity contribution in [3.8, 4) is 5.75 Å². The zero-order valence-electron chi connectivity index (χ0n) is 12.8. The van der Waals surface area contributed by atoms with Crippen LogP contribution in [0.5, 0.6) is 5.75 Å². The molecule has 20 heavy (non-hydrogen) atoms. The fourth-order valence-electron chi connectivity index (χ4n) is 2.05. The van der Waals surface area contributed by atoms with Crippen molar-refractivity contribution in [2.45, 2.75) is 20.8 Å². The molecule has 1 rings (SSSR count). The Hall–Kier alpha value is -1.49. The fraction of sp³-hybridized carbons (Fsp3) is 0.600. The molecule has 1 aromatic rings. The molecule has 5 heteroatoms. The van der Waals surface area contributed by atoms with Crippen molar-refractivity contribution in [3.63, 3.8) is 0 Å². The topological polar surface area (TPSA) is 47.7 Å². The molecule has 0 atom stereocenters. The normalized spacial score (nSPS) is 10.9. The number of nitrogen functional groups attached to an aromatic ring is 1. The first-order valence-corrected chi connectivity index (χ1v) is 6.95. The number of ether oxygens (including phenoxy) is 2. The van der Waals surface area contributed by atoms with Crippen molar-refractivity contribution < 1.29 is 13.9 Å². The summed E-state index contributed by atoms with van der Waals surface area (Å²) in [6.45, 7) is 8.62. The highest BCUT2D eigenvalue weighted by molar-refractivity contribution is 5.70. The summed E-state index contributed by atoms with van der Waals surface area (Å²) < 4.78 is 24.2. The number of anilines is 2. The van der Waals surface area contributed by atoms with Gasteiger partial charge in [0.05, 0.1) is 24.6 Å². The Bertz CT molecular complexity index is 425. The monoisotopic (exact) mass is 284 g/mol. The van der Waals surface area contributed by atoms with Crippen molar-refractivity contribution in [2.24, 2.45) is 5.92 Å². The largest absolute Gasteiger partial charge is 0.491 e. The predicted molar refractivity (Wildman–Crippen MR) is 80.9 cm³/mol. The lowest BCUT2D eigenvalue weighted by atomic mass is 10.1. The average molecular weight is 284 g/mol. The molecule has 0 bridgehead atoms. The van der Waals surface area contributed by atoms with E-state index in [4.69, 9.17) is 15.2 Å². The van der Waals surface area contributed by atoms with Crippen LogP contribution in [-0.4, -0.2) is 33.4 Å². The molecule has 0 aliphatic carbocycles. The molecule has 0 fully saturated rings. The average Bonchev–Trinajstić information content (AvgIpc) is 2.37. The number of hydrogen-bond acceptors (Lipinski definition) is 4. The lowest BCUT2D eigenvalue weighted by Gasteiger charge is -2.28. The van der Waals surface area contributed by atoms with Gasteiger partial charge in [0.15, 0.2) is 11.6 Å². The van der Waals surface area contributed by atoms with Crippen LogP contribution in [0, 0.1) is 11.7 Å². The maximum Gasteiger partial charge on any atom is 0.167 e. The van der Waals surface area contributed by atoms with Crippen molar-refractivity contribution in [1.82, 2.24) is 0 Å². The van der Waals surface area contributed by atoms with Crippen molar-refractivity contribution in [1.29, 1.82) is 0 Å². The van der Waals surface area contributed by atoms with Gasteiger partial charge in [0.25, 0.3) is 0 Å². The lowest BCUT2D eigenvalue weighted by Crippen LogP contribution is -2.31. The molecular formula is C15H25FN2O2. The van der Waals surface area contributed by atoms with E-state index in [2.05, 4.69) is 18.7 Å². The van der Waals surface area contributed by atoms with Crippen LogP contribution in [0.3, 0.4) is 0 Å². The molecule has 0 radical (unpaired) electrons. The Morgan fingerprint density at radius 2 is 2.05 bits per heavy atom. The van der Waals surface area contributed by atoms with Gasteiger partial charge in [0, 0.05) is 32.3 Å². The van der Waals surface area contributed by atoms with Gasteiger partial charge >= 0.3 is 0 Å². The molecule has 4 nitrogen and oxygen atoms in total. The van der Waals surface area contributed by atoms with Gasteiger partial charge in [-0.05, 0) is 12.8 Å². The first-order valence-electron chi connectivity index (χ1n) is 6.95. The summed E-state index contributed by atoms with van der Waals surface area (Å²) in [7, 11) is 1.66. The minimum absolute atomic E-state index is 0.239. The second kappa shape index (κ2) is 7.94. The maximum atomic E-state index is 13.7. The number of benzene rings is 1. The molecule has 0 saturated heterocycles. The molecule has 0 aromatic heterocycles. The van der Waals surface area contributed by atoms with E-state index in [9.17, 15) is 4.39 Å². The Kier molecular flexibility index (Phi) is 6.58. The third-order valence-corrected chi connectivity index (χ3v) is 2.87. The Morgan fingerprint density at radius 1 is 1.35 bits per heavy atom. The second-order valence-electron chi connectivity index (χ2n) is 5.11. The van der Waals surface area contributed by atoms with Crippen LogP contribution in [0.2, 0.25) is 0 Å². The van der Waals surface area contributed by atoms with E-state index in [1.807, 2.05) is 6.92 Å². The summed E-state index contributed by atoms with van der Waals surface area (Å²) >= 11 is 0. The maximum absolute atomic E-state index is 13.7. The van der Waals surface area contributed by atoms with Gasteiger partial charge in [-0.15, -0.1) is 0 Å². The zero-order chi connectivity index (χ0) is 15.1. The molecular weight excluding hydrogens is 259 g/mol. The summed E-state index contributed by atoms with van der Waals surface area (Å²) in [6.07, 6.45) is 0. The number of rotatable bonds is 8. The number of methoxy groups -OCH3 is 1. The number of halogens is 1. The molecule has 114 valence electrons. The predicted octanol–water partition coefficient (Wildman–Crippen LogP) is 2.92. The van der Waals surface area contributed by atoms with E-state index in [0.717, 1.165) is 12.2 Å². The van der Waals surface area contributed by atoms with Crippen LogP contribution in [0.4, 0.5) is 15.8 Å². The fourth-order valence-corrected chi connectivity index (χ4v) is 2.05. The van der Waals surface area contributed by atoms with Crippen molar-refractivity contribution in [2.75, 3.05) is 44.0 Å². The van der Waals surface area contributed by atoms with Gasteiger partial charge in [0.1, 0.15) is 0 Å². The first kappa shape index (κ1) is 16.6. The quantitative estimate of drug-likeness (QED) is 0.746. The molecule has 0 spiro atoms. The lowest BCUT2D eigenvalue weighted by molar-refractivity contribution is 0.204. The summed E-state index contributed by atoms with van der Waals surface area (Å²) in [5.74, 6) is 0.277. The number of nitrogens with zero attached hydrogens (tertiary/aromatic N) is 1. The van der Waals surface area contributed by atoms with Gasteiger partial charge < -0.3 is 20.1 Å². The van der Waals surface area contributed by atoms with E-state index in [0.29, 0.717) is 31.4 Å². The molecule has 2 N–H and O–H groups in total. The third-order valence-electron chi connectivity index (χ3n) is 2.87. The van der Waals surface area contributed by atoms with E-state index in [1.165, 1.54) is 6.07 Å². The molecule has 1 aromatic carbocycles. The Balaban J connectivity index is 3.06. The van der Waals surface area contributed by atoms with Crippen LogP contribution < -0.4 is 15.4 Å². The highest BCUT2D eigenvalue weighted by Crippen LogP contribution is 2.31. The highest BCUT2D eigenvalue weighted by atomic mass is 19.1. The van der Waals surface area contributed by atoms with Crippen molar-refractivity contribution >= 4 is 11.4 Å². The van der Waals surface area contributed by atoms with Gasteiger partial charge in [0.2, 0.25) is 0 Å². The van der Waals surface area contributed by atoms with Crippen LogP contribution in [0.25, 0.3) is 0 Å². The third kappa shape index (κ3) is 4.56. The van der Waals surface area contributed by atoms with E-state index >= 15 is 0 Å². The Labute approximate surface area is 120 Å². The number of hydrogen-bond donors (Lipinski definition) is 1. The standard InChI is InChI=1S/C15H25FN2O2/c1-5-20-15-9-14(13(17)8-12(15)16)18(6-7-19-4)10-11(2)3/h8-9,11H,5-7,10,17H2,1-4H3. The van der Waals surface area contributed by atoms with Gasteiger partial charge in [-0.2, -0.15) is 0 Å². The summed E-state index contributed by atoms with van der Waals surface area (Å²) in [4.78, 5) is 2.10. The molecule has 0 unspecified atom stereocenters. The summed E-state index contributed by atoms with van der Waals surface area (Å²) in [5.41, 5.74) is 7.17. The minimum atomic E-state index is -0.427.